The Hall–Kier alpha value is -0.450. The summed E-state index contributed by atoms with van der Waals surface area (Å²) in [4.78, 5) is 2.38. The van der Waals surface area contributed by atoms with Gasteiger partial charge in [0.25, 0.3) is 0 Å². The normalized spacial score (nSPS) is 25.8. The summed E-state index contributed by atoms with van der Waals surface area (Å²) in [7, 11) is 0. The molecule has 2 rings (SSSR count). The van der Waals surface area contributed by atoms with E-state index in [1.54, 1.807) is 0 Å². The number of rotatable bonds is 2. The zero-order valence-electron chi connectivity index (χ0n) is 10.2. The van der Waals surface area contributed by atoms with Crippen LogP contribution in [0.25, 0.3) is 0 Å². The summed E-state index contributed by atoms with van der Waals surface area (Å²) in [5.41, 5.74) is 7.27. The van der Waals surface area contributed by atoms with Crippen molar-refractivity contribution in [1.29, 1.82) is 0 Å². The van der Waals surface area contributed by atoms with Crippen LogP contribution in [-0.4, -0.2) is 23.5 Å². The van der Waals surface area contributed by atoms with Crippen LogP contribution in [0.1, 0.15) is 31.9 Å². The Morgan fingerprint density at radius 1 is 1.47 bits per heavy atom. The molecule has 1 heterocycles. The second kappa shape index (κ2) is 5.04. The molecule has 2 unspecified atom stereocenters. The van der Waals surface area contributed by atoms with Crippen LogP contribution in [0.4, 0.5) is 4.39 Å². The van der Waals surface area contributed by atoms with Gasteiger partial charge in [-0.3, -0.25) is 4.90 Å². The Kier molecular flexibility index (Phi) is 3.85. The van der Waals surface area contributed by atoms with Crippen LogP contribution in [0.15, 0.2) is 22.7 Å². The average Bonchev–Trinajstić information content (AvgIpc) is 2.64. The van der Waals surface area contributed by atoms with Gasteiger partial charge in [0.05, 0.1) is 10.5 Å². The molecule has 2 atom stereocenters. The molecule has 1 aliphatic rings. The van der Waals surface area contributed by atoms with Gasteiger partial charge in [-0.1, -0.05) is 6.07 Å². The van der Waals surface area contributed by atoms with Crippen molar-refractivity contribution in [2.45, 2.75) is 38.4 Å². The Morgan fingerprint density at radius 2 is 2.18 bits per heavy atom. The van der Waals surface area contributed by atoms with Crippen LogP contribution >= 0.6 is 15.9 Å². The highest BCUT2D eigenvalue weighted by Crippen LogP contribution is 2.34. The van der Waals surface area contributed by atoms with Gasteiger partial charge in [-0.25, -0.2) is 4.39 Å². The zero-order chi connectivity index (χ0) is 12.6. The summed E-state index contributed by atoms with van der Waals surface area (Å²) >= 11 is 3.24. The van der Waals surface area contributed by atoms with Gasteiger partial charge >= 0.3 is 0 Å². The van der Waals surface area contributed by atoms with Crippen molar-refractivity contribution in [1.82, 2.24) is 4.90 Å². The molecule has 1 saturated heterocycles. The van der Waals surface area contributed by atoms with Gasteiger partial charge in [0.1, 0.15) is 5.82 Å². The maximum atomic E-state index is 13.2. The predicted molar refractivity (Wildman–Crippen MR) is 71.3 cm³/mol. The summed E-state index contributed by atoms with van der Waals surface area (Å²) in [6, 6.07) is 5.98. The van der Waals surface area contributed by atoms with Crippen molar-refractivity contribution in [3.63, 3.8) is 0 Å². The van der Waals surface area contributed by atoms with E-state index in [2.05, 4.69) is 34.7 Å². The maximum absolute atomic E-state index is 13.2. The van der Waals surface area contributed by atoms with Crippen molar-refractivity contribution in [2.75, 3.05) is 6.54 Å². The largest absolute Gasteiger partial charge is 0.326 e. The lowest BCUT2D eigenvalue weighted by molar-refractivity contribution is 0.198. The highest BCUT2D eigenvalue weighted by Gasteiger charge is 2.34. The molecule has 0 bridgehead atoms. The zero-order valence-corrected chi connectivity index (χ0v) is 11.7. The van der Waals surface area contributed by atoms with E-state index in [-0.39, 0.29) is 17.9 Å². The van der Waals surface area contributed by atoms with Gasteiger partial charge in [-0.05, 0) is 53.9 Å². The molecule has 1 aromatic carbocycles. The summed E-state index contributed by atoms with van der Waals surface area (Å²) in [6.45, 7) is 5.35. The van der Waals surface area contributed by atoms with Crippen LogP contribution in [0.5, 0.6) is 0 Å². The van der Waals surface area contributed by atoms with E-state index < -0.39 is 0 Å². The second-order valence-electron chi connectivity index (χ2n) is 4.90. The SMILES string of the molecule is CC(C)N1CCC(N)C1c1ccc(F)c(Br)c1. The van der Waals surface area contributed by atoms with Crippen molar-refractivity contribution >= 4 is 15.9 Å². The van der Waals surface area contributed by atoms with E-state index in [9.17, 15) is 4.39 Å². The van der Waals surface area contributed by atoms with Crippen LogP contribution in [0.3, 0.4) is 0 Å². The van der Waals surface area contributed by atoms with E-state index in [0.29, 0.717) is 10.5 Å². The fraction of sp³-hybridized carbons (Fsp3) is 0.538. The number of nitrogens with two attached hydrogens (primary N) is 1. The average molecular weight is 301 g/mol. The Morgan fingerprint density at radius 3 is 2.76 bits per heavy atom. The third kappa shape index (κ3) is 2.54. The number of benzene rings is 1. The second-order valence-corrected chi connectivity index (χ2v) is 5.76. The van der Waals surface area contributed by atoms with Gasteiger partial charge in [-0.2, -0.15) is 0 Å². The quantitative estimate of drug-likeness (QED) is 0.909. The number of nitrogens with zero attached hydrogens (tertiary/aromatic N) is 1. The van der Waals surface area contributed by atoms with E-state index in [0.717, 1.165) is 18.5 Å². The predicted octanol–water partition coefficient (Wildman–Crippen LogP) is 3.07. The number of likely N-dealkylation sites (tertiary alicyclic amines) is 1. The van der Waals surface area contributed by atoms with Gasteiger partial charge in [0.15, 0.2) is 0 Å². The maximum Gasteiger partial charge on any atom is 0.137 e. The summed E-state index contributed by atoms with van der Waals surface area (Å²) in [5, 5.41) is 0. The lowest BCUT2D eigenvalue weighted by Crippen LogP contribution is -2.35. The molecule has 0 aromatic heterocycles. The van der Waals surface area contributed by atoms with Crippen molar-refractivity contribution in [3.8, 4) is 0 Å². The molecule has 4 heteroatoms. The molecule has 1 aliphatic heterocycles. The summed E-state index contributed by atoms with van der Waals surface area (Å²) in [6.07, 6.45) is 0.998. The molecule has 1 aromatic rings. The summed E-state index contributed by atoms with van der Waals surface area (Å²) < 4.78 is 13.8. The van der Waals surface area contributed by atoms with Gasteiger partial charge in [0.2, 0.25) is 0 Å². The molecular weight excluding hydrogens is 283 g/mol. The van der Waals surface area contributed by atoms with Crippen LogP contribution in [0, 0.1) is 5.82 Å². The van der Waals surface area contributed by atoms with E-state index >= 15 is 0 Å². The van der Waals surface area contributed by atoms with E-state index in [1.807, 2.05) is 12.1 Å². The van der Waals surface area contributed by atoms with Crippen molar-refractivity contribution in [2.24, 2.45) is 5.73 Å². The molecule has 17 heavy (non-hydrogen) atoms. The molecule has 94 valence electrons. The van der Waals surface area contributed by atoms with Gasteiger partial charge in [0, 0.05) is 18.6 Å². The third-order valence-electron chi connectivity index (χ3n) is 3.43. The first-order valence-corrected chi connectivity index (χ1v) is 6.76. The lowest BCUT2D eigenvalue weighted by Gasteiger charge is -2.30. The summed E-state index contributed by atoms with van der Waals surface area (Å²) in [5.74, 6) is -0.226. The van der Waals surface area contributed by atoms with Crippen molar-refractivity contribution in [3.05, 3.63) is 34.1 Å². The molecule has 2 nitrogen and oxygen atoms in total. The standard InChI is InChI=1S/C13H18BrFN2/c1-8(2)17-6-5-12(16)13(17)9-3-4-11(15)10(14)7-9/h3-4,7-8,12-13H,5-6,16H2,1-2H3. The van der Waals surface area contributed by atoms with E-state index in [4.69, 9.17) is 5.73 Å². The third-order valence-corrected chi connectivity index (χ3v) is 4.04. The smallest absolute Gasteiger partial charge is 0.137 e. The van der Waals surface area contributed by atoms with Crippen LogP contribution < -0.4 is 5.73 Å². The molecule has 2 N–H and O–H groups in total. The molecular formula is C13H18BrFN2. The Labute approximate surface area is 110 Å². The van der Waals surface area contributed by atoms with E-state index in [1.165, 1.54) is 6.07 Å². The monoisotopic (exact) mass is 300 g/mol. The van der Waals surface area contributed by atoms with Crippen molar-refractivity contribution < 1.29 is 4.39 Å². The number of hydrogen-bond acceptors (Lipinski definition) is 2. The lowest BCUT2D eigenvalue weighted by atomic mass is 10.00. The highest BCUT2D eigenvalue weighted by atomic mass is 79.9. The molecule has 0 saturated carbocycles. The minimum Gasteiger partial charge on any atom is -0.326 e. The molecule has 1 fully saturated rings. The molecule has 0 spiro atoms. The Bertz CT molecular complexity index is 408. The van der Waals surface area contributed by atoms with Crippen LogP contribution in [0.2, 0.25) is 0 Å². The number of halogens is 2. The number of hydrogen-bond donors (Lipinski definition) is 1. The van der Waals surface area contributed by atoms with Gasteiger partial charge in [-0.15, -0.1) is 0 Å². The molecule has 0 amide bonds. The first-order chi connectivity index (χ1) is 8.00. The fourth-order valence-corrected chi connectivity index (χ4v) is 2.95. The molecule has 0 radical (unpaired) electrons. The minimum atomic E-state index is -0.226. The minimum absolute atomic E-state index is 0.134. The van der Waals surface area contributed by atoms with Crippen LogP contribution in [-0.2, 0) is 0 Å². The van der Waals surface area contributed by atoms with Gasteiger partial charge < -0.3 is 5.73 Å². The Balaban J connectivity index is 2.33. The highest BCUT2D eigenvalue weighted by molar-refractivity contribution is 9.10. The fourth-order valence-electron chi connectivity index (χ4n) is 2.56. The molecule has 0 aliphatic carbocycles. The first-order valence-electron chi connectivity index (χ1n) is 5.97. The topological polar surface area (TPSA) is 29.3 Å². The first kappa shape index (κ1) is 13.0.